The van der Waals surface area contributed by atoms with Crippen LogP contribution in [-0.2, 0) is 15.6 Å². The number of carbonyl (C=O) groups is 1. The Hall–Kier alpha value is -1.73. The fraction of sp³-hybridized carbons (Fsp3) is 0.375. The Morgan fingerprint density at radius 2 is 2.05 bits per heavy atom. The van der Waals surface area contributed by atoms with E-state index in [0.717, 1.165) is 18.3 Å². The summed E-state index contributed by atoms with van der Waals surface area (Å²) in [6.45, 7) is 1.96. The molecule has 5 atom stereocenters. The number of hydrogen-bond acceptors (Lipinski definition) is 3. The summed E-state index contributed by atoms with van der Waals surface area (Å²) in [6.07, 6.45) is 5.53. The third-order valence-electron chi connectivity index (χ3n) is 4.49. The molecule has 0 heterocycles. The molecule has 1 aromatic carbocycles. The molecule has 0 aliphatic heterocycles. The van der Waals surface area contributed by atoms with Crippen LogP contribution >= 0.6 is 0 Å². The van der Waals surface area contributed by atoms with Gasteiger partial charge in [-0.15, -0.1) is 0 Å². The third kappa shape index (κ3) is 1.63. The van der Waals surface area contributed by atoms with Gasteiger partial charge in [0.2, 0.25) is 0 Å². The van der Waals surface area contributed by atoms with Gasteiger partial charge in [-0.05, 0) is 31.4 Å². The van der Waals surface area contributed by atoms with Crippen LogP contribution in [0.2, 0.25) is 0 Å². The zero-order valence-electron chi connectivity index (χ0n) is 11.2. The number of nitriles is 1. The number of carbonyl (C=O) groups excluding carboxylic acids is 1. The Kier molecular flexibility index (Phi) is 3.10. The van der Waals surface area contributed by atoms with Crippen molar-refractivity contribution < 1.29 is 9.00 Å². The molecular formula is C16H15NO2S. The number of nitrogens with zero attached hydrogens (tertiary/aromatic N) is 1. The van der Waals surface area contributed by atoms with E-state index in [1.54, 1.807) is 12.1 Å². The molecule has 1 saturated carbocycles. The van der Waals surface area contributed by atoms with Gasteiger partial charge in [0.15, 0.2) is 4.75 Å². The van der Waals surface area contributed by atoms with Crippen molar-refractivity contribution in [2.45, 2.75) is 23.0 Å². The average molecular weight is 285 g/mol. The van der Waals surface area contributed by atoms with E-state index < -0.39 is 21.5 Å². The highest BCUT2D eigenvalue weighted by molar-refractivity contribution is 7.87. The van der Waals surface area contributed by atoms with Gasteiger partial charge < -0.3 is 4.79 Å². The molecule has 0 spiro atoms. The molecule has 2 aliphatic carbocycles. The fourth-order valence-corrected chi connectivity index (χ4v) is 5.18. The van der Waals surface area contributed by atoms with Gasteiger partial charge in [0.1, 0.15) is 6.29 Å². The van der Waals surface area contributed by atoms with Crippen molar-refractivity contribution in [2.75, 3.05) is 0 Å². The number of rotatable bonds is 3. The molecule has 1 aromatic rings. The molecule has 1 unspecified atom stereocenters. The summed E-state index contributed by atoms with van der Waals surface area (Å²) in [6, 6.07) is 9.60. The number of benzene rings is 1. The molecular weight excluding hydrogens is 270 g/mol. The highest BCUT2D eigenvalue weighted by Gasteiger charge is 2.60. The zero-order valence-corrected chi connectivity index (χ0v) is 12.0. The van der Waals surface area contributed by atoms with E-state index in [1.165, 1.54) is 0 Å². The number of aldehydes is 1. The van der Waals surface area contributed by atoms with E-state index in [0.29, 0.717) is 4.90 Å². The molecule has 2 aliphatic rings. The van der Waals surface area contributed by atoms with Crippen LogP contribution in [0.15, 0.2) is 41.3 Å². The van der Waals surface area contributed by atoms with Crippen molar-refractivity contribution in [1.82, 2.24) is 0 Å². The Morgan fingerprint density at radius 3 is 2.65 bits per heavy atom. The first-order valence-electron chi connectivity index (χ1n) is 6.67. The zero-order chi connectivity index (χ0) is 14.3. The summed E-state index contributed by atoms with van der Waals surface area (Å²) in [7, 11) is -1.50. The minimum atomic E-state index is -1.50. The number of aryl methyl sites for hydroxylation is 1. The van der Waals surface area contributed by atoms with Crippen molar-refractivity contribution in [2.24, 2.45) is 17.8 Å². The summed E-state index contributed by atoms with van der Waals surface area (Å²) in [5.74, 6) is -0.494. The van der Waals surface area contributed by atoms with Gasteiger partial charge in [0.05, 0.1) is 22.8 Å². The van der Waals surface area contributed by atoms with Crippen molar-refractivity contribution in [3.05, 3.63) is 42.0 Å². The summed E-state index contributed by atoms with van der Waals surface area (Å²) >= 11 is 0. The average Bonchev–Trinajstić information content (AvgIpc) is 3.06. The largest absolute Gasteiger partial charge is 0.303 e. The van der Waals surface area contributed by atoms with Gasteiger partial charge in [-0.25, -0.2) is 0 Å². The van der Waals surface area contributed by atoms with Crippen LogP contribution in [0.5, 0.6) is 0 Å². The maximum absolute atomic E-state index is 13.0. The van der Waals surface area contributed by atoms with E-state index in [4.69, 9.17) is 0 Å². The number of hydrogen-bond donors (Lipinski definition) is 0. The van der Waals surface area contributed by atoms with Crippen LogP contribution in [0.1, 0.15) is 12.0 Å². The molecule has 2 bridgehead atoms. The lowest BCUT2D eigenvalue weighted by molar-refractivity contribution is -0.112. The molecule has 3 rings (SSSR count). The molecule has 0 radical (unpaired) electrons. The number of fused-ring (bicyclic) bond motifs is 2. The van der Waals surface area contributed by atoms with E-state index in [2.05, 4.69) is 6.07 Å². The van der Waals surface area contributed by atoms with Crippen LogP contribution in [0.4, 0.5) is 0 Å². The summed E-state index contributed by atoms with van der Waals surface area (Å²) in [4.78, 5) is 12.1. The van der Waals surface area contributed by atoms with Crippen molar-refractivity contribution in [1.29, 1.82) is 5.26 Å². The molecule has 20 heavy (non-hydrogen) atoms. The second-order valence-electron chi connectivity index (χ2n) is 5.54. The smallest absolute Gasteiger partial charge is 0.153 e. The van der Waals surface area contributed by atoms with Crippen LogP contribution in [-0.4, -0.2) is 15.2 Å². The standard InChI is InChI=1S/C16H15NO2S/c1-11-2-6-14(7-3-11)20(19)16(10-17)13-5-4-12(8-13)15(16)9-18/h2-7,9,12-13,15H,8H2,1H3/t12-,13+,15+,16+,20?/m1/s1. The fourth-order valence-electron chi connectivity index (χ4n) is 3.40. The van der Waals surface area contributed by atoms with Crippen LogP contribution in [0.3, 0.4) is 0 Å². The summed E-state index contributed by atoms with van der Waals surface area (Å²) in [5.41, 5.74) is 1.08. The Labute approximate surface area is 120 Å². The second-order valence-corrected chi connectivity index (χ2v) is 7.22. The monoisotopic (exact) mass is 285 g/mol. The highest BCUT2D eigenvalue weighted by Crippen LogP contribution is 2.53. The van der Waals surface area contributed by atoms with E-state index >= 15 is 0 Å². The Bertz CT molecular complexity index is 643. The van der Waals surface area contributed by atoms with Gasteiger partial charge in [-0.3, -0.25) is 4.21 Å². The van der Waals surface area contributed by atoms with Gasteiger partial charge in [0, 0.05) is 10.8 Å². The molecule has 0 aromatic heterocycles. The molecule has 0 N–H and O–H groups in total. The lowest BCUT2D eigenvalue weighted by atomic mass is 9.84. The highest BCUT2D eigenvalue weighted by atomic mass is 32.2. The van der Waals surface area contributed by atoms with E-state index in [-0.39, 0.29) is 11.8 Å². The molecule has 3 nitrogen and oxygen atoms in total. The molecule has 102 valence electrons. The van der Waals surface area contributed by atoms with Crippen molar-refractivity contribution in [3.63, 3.8) is 0 Å². The second kappa shape index (κ2) is 4.68. The molecule has 1 fully saturated rings. The van der Waals surface area contributed by atoms with Crippen LogP contribution in [0, 0.1) is 36.0 Å². The Balaban J connectivity index is 2.08. The number of allylic oxidation sites excluding steroid dienone is 2. The minimum absolute atomic E-state index is 0.0616. The first-order valence-corrected chi connectivity index (χ1v) is 7.82. The van der Waals surface area contributed by atoms with E-state index in [1.807, 2.05) is 31.2 Å². The summed E-state index contributed by atoms with van der Waals surface area (Å²) < 4.78 is 11.9. The van der Waals surface area contributed by atoms with Gasteiger partial charge in [-0.2, -0.15) is 5.26 Å². The third-order valence-corrected chi connectivity index (χ3v) is 6.47. The molecule has 0 amide bonds. The van der Waals surface area contributed by atoms with Crippen molar-refractivity contribution >= 4 is 17.1 Å². The van der Waals surface area contributed by atoms with Gasteiger partial charge in [-0.1, -0.05) is 29.8 Å². The normalized spacial score (nSPS) is 35.7. The lowest BCUT2D eigenvalue weighted by Crippen LogP contribution is -2.45. The van der Waals surface area contributed by atoms with Gasteiger partial charge >= 0.3 is 0 Å². The SMILES string of the molecule is Cc1ccc(S(=O)[C@@]2(C#N)[C@H]3C=C[C@H](C3)[C@@H]2C=O)cc1. The van der Waals surface area contributed by atoms with Crippen LogP contribution in [0.25, 0.3) is 0 Å². The lowest BCUT2D eigenvalue weighted by Gasteiger charge is -2.32. The van der Waals surface area contributed by atoms with Gasteiger partial charge in [0.25, 0.3) is 0 Å². The van der Waals surface area contributed by atoms with Crippen molar-refractivity contribution in [3.8, 4) is 6.07 Å². The minimum Gasteiger partial charge on any atom is -0.303 e. The first kappa shape index (κ1) is 13.3. The first-order chi connectivity index (χ1) is 9.63. The van der Waals surface area contributed by atoms with Crippen LogP contribution < -0.4 is 0 Å². The topological polar surface area (TPSA) is 57.9 Å². The quantitative estimate of drug-likeness (QED) is 0.633. The van der Waals surface area contributed by atoms with E-state index in [9.17, 15) is 14.3 Å². The predicted molar refractivity (Wildman–Crippen MR) is 76.2 cm³/mol. The Morgan fingerprint density at radius 1 is 1.35 bits per heavy atom. The maximum Gasteiger partial charge on any atom is 0.153 e. The molecule has 0 saturated heterocycles. The molecule has 4 heteroatoms. The maximum atomic E-state index is 13.0. The predicted octanol–water partition coefficient (Wildman–Crippen LogP) is 2.39. The summed E-state index contributed by atoms with van der Waals surface area (Å²) in [5, 5.41) is 9.69.